The van der Waals surface area contributed by atoms with Crippen LogP contribution in [-0.4, -0.2) is 17.0 Å². The molecule has 2 rings (SSSR count). The summed E-state index contributed by atoms with van der Waals surface area (Å²) in [6.45, 7) is 1.89. The van der Waals surface area contributed by atoms with E-state index in [1.807, 2.05) is 13.0 Å². The van der Waals surface area contributed by atoms with Gasteiger partial charge in [-0.15, -0.1) is 0 Å². The minimum atomic E-state index is -1.06. The second kappa shape index (κ2) is 6.41. The van der Waals surface area contributed by atoms with Crippen molar-refractivity contribution in [1.82, 2.24) is 0 Å². The zero-order chi connectivity index (χ0) is 15.6. The molecule has 1 amide bonds. The van der Waals surface area contributed by atoms with Crippen molar-refractivity contribution in [3.63, 3.8) is 0 Å². The number of carboxylic acid groups (broad SMARTS) is 1. The molecule has 2 aromatic rings. The van der Waals surface area contributed by atoms with Crippen LogP contribution in [-0.2, 0) is 0 Å². The van der Waals surface area contributed by atoms with Gasteiger partial charge in [0, 0.05) is 20.2 Å². The summed E-state index contributed by atoms with van der Waals surface area (Å²) in [6, 6.07) is 10.0. The zero-order valence-corrected chi connectivity index (χ0v) is 14.2. The summed E-state index contributed by atoms with van der Waals surface area (Å²) in [5.41, 5.74) is 1.98. The molecule has 0 saturated carbocycles. The fourth-order valence-electron chi connectivity index (χ4n) is 1.84. The average Bonchev–Trinajstić information content (AvgIpc) is 2.39. The van der Waals surface area contributed by atoms with Crippen LogP contribution < -0.4 is 5.32 Å². The van der Waals surface area contributed by atoms with Gasteiger partial charge in [0.05, 0.1) is 5.56 Å². The molecule has 0 fully saturated rings. The highest BCUT2D eigenvalue weighted by Crippen LogP contribution is 2.22. The lowest BCUT2D eigenvalue weighted by Gasteiger charge is -2.08. The van der Waals surface area contributed by atoms with Crippen LogP contribution in [0, 0.1) is 6.92 Å². The number of anilines is 1. The number of aryl methyl sites for hydroxylation is 1. The van der Waals surface area contributed by atoms with Crippen LogP contribution in [0.15, 0.2) is 45.3 Å². The smallest absolute Gasteiger partial charge is 0.336 e. The minimum absolute atomic E-state index is 0.0956. The minimum Gasteiger partial charge on any atom is -0.478 e. The molecule has 6 heteroatoms. The van der Waals surface area contributed by atoms with Crippen molar-refractivity contribution in [2.24, 2.45) is 0 Å². The summed E-state index contributed by atoms with van der Waals surface area (Å²) in [5, 5.41) is 11.8. The van der Waals surface area contributed by atoms with Crippen LogP contribution in [0.2, 0.25) is 0 Å². The standard InChI is InChI=1S/C15H11Br2NO3/c1-8-4-9(6-10(16)5-8)14(19)18-11-2-3-13(17)12(7-11)15(20)21/h2-7H,1H3,(H,18,19)(H,20,21). The Hall–Kier alpha value is -1.66. The molecule has 0 aliphatic carbocycles. The van der Waals surface area contributed by atoms with Gasteiger partial charge in [-0.05, 0) is 64.8 Å². The first-order valence-electron chi connectivity index (χ1n) is 5.98. The maximum Gasteiger partial charge on any atom is 0.336 e. The summed E-state index contributed by atoms with van der Waals surface area (Å²) < 4.78 is 1.28. The molecular weight excluding hydrogens is 402 g/mol. The number of hydrogen-bond acceptors (Lipinski definition) is 2. The van der Waals surface area contributed by atoms with E-state index in [4.69, 9.17) is 5.11 Å². The van der Waals surface area contributed by atoms with Gasteiger partial charge in [-0.3, -0.25) is 4.79 Å². The summed E-state index contributed by atoms with van der Waals surface area (Å²) in [7, 11) is 0. The first kappa shape index (κ1) is 15.7. The highest BCUT2D eigenvalue weighted by Gasteiger charge is 2.12. The molecule has 0 heterocycles. The number of halogens is 2. The molecule has 4 nitrogen and oxygen atoms in total. The number of carbonyl (C=O) groups is 2. The van der Waals surface area contributed by atoms with E-state index in [2.05, 4.69) is 37.2 Å². The summed E-state index contributed by atoms with van der Waals surface area (Å²) in [4.78, 5) is 23.3. The van der Waals surface area contributed by atoms with Crippen molar-refractivity contribution in [2.75, 3.05) is 5.32 Å². The number of benzene rings is 2. The predicted octanol–water partition coefficient (Wildman–Crippen LogP) is 4.47. The van der Waals surface area contributed by atoms with Gasteiger partial charge in [0.25, 0.3) is 5.91 Å². The van der Waals surface area contributed by atoms with Crippen molar-refractivity contribution < 1.29 is 14.7 Å². The number of aromatic carboxylic acids is 1. The Kier molecular flexibility index (Phi) is 4.80. The van der Waals surface area contributed by atoms with Crippen LogP contribution in [0.3, 0.4) is 0 Å². The summed E-state index contributed by atoms with van der Waals surface area (Å²) >= 11 is 6.50. The highest BCUT2D eigenvalue weighted by molar-refractivity contribution is 9.10. The van der Waals surface area contributed by atoms with E-state index in [9.17, 15) is 9.59 Å². The summed E-state index contributed by atoms with van der Waals surface area (Å²) in [6.07, 6.45) is 0. The van der Waals surface area contributed by atoms with Crippen LogP contribution >= 0.6 is 31.9 Å². The van der Waals surface area contributed by atoms with Gasteiger partial charge < -0.3 is 10.4 Å². The molecule has 108 valence electrons. The topological polar surface area (TPSA) is 66.4 Å². The quantitative estimate of drug-likeness (QED) is 0.781. The van der Waals surface area contributed by atoms with Crippen LogP contribution in [0.5, 0.6) is 0 Å². The first-order valence-corrected chi connectivity index (χ1v) is 7.57. The van der Waals surface area contributed by atoms with Gasteiger partial charge in [0.15, 0.2) is 0 Å². The molecule has 0 saturated heterocycles. The molecule has 0 aromatic heterocycles. The zero-order valence-electron chi connectivity index (χ0n) is 11.0. The van der Waals surface area contributed by atoms with E-state index >= 15 is 0 Å². The second-order valence-corrected chi connectivity index (χ2v) is 6.24. The number of amides is 1. The Balaban J connectivity index is 2.27. The molecule has 0 spiro atoms. The third-order valence-electron chi connectivity index (χ3n) is 2.76. The maximum atomic E-state index is 12.2. The third-order valence-corrected chi connectivity index (χ3v) is 3.91. The molecule has 0 bridgehead atoms. The first-order chi connectivity index (χ1) is 9.86. The van der Waals surface area contributed by atoms with Crippen LogP contribution in [0.4, 0.5) is 5.69 Å². The van der Waals surface area contributed by atoms with Crippen molar-refractivity contribution in [1.29, 1.82) is 0 Å². The lowest BCUT2D eigenvalue weighted by molar-refractivity contribution is 0.0695. The van der Waals surface area contributed by atoms with E-state index in [0.717, 1.165) is 10.0 Å². The van der Waals surface area contributed by atoms with Gasteiger partial charge in [-0.1, -0.05) is 15.9 Å². The molecule has 21 heavy (non-hydrogen) atoms. The third kappa shape index (κ3) is 3.92. The van der Waals surface area contributed by atoms with Crippen molar-refractivity contribution in [2.45, 2.75) is 6.92 Å². The second-order valence-electron chi connectivity index (χ2n) is 4.47. The van der Waals surface area contributed by atoms with Gasteiger partial charge in [0.1, 0.15) is 0 Å². The van der Waals surface area contributed by atoms with Gasteiger partial charge >= 0.3 is 5.97 Å². The van der Waals surface area contributed by atoms with Crippen molar-refractivity contribution in [3.8, 4) is 0 Å². The molecule has 0 atom stereocenters. The van der Waals surface area contributed by atoms with Gasteiger partial charge in [0.2, 0.25) is 0 Å². The number of hydrogen-bond donors (Lipinski definition) is 2. The fraction of sp³-hybridized carbons (Fsp3) is 0.0667. The molecule has 0 aliphatic heterocycles. The highest BCUT2D eigenvalue weighted by atomic mass is 79.9. The van der Waals surface area contributed by atoms with Gasteiger partial charge in [-0.25, -0.2) is 4.79 Å². The van der Waals surface area contributed by atoms with E-state index in [1.165, 1.54) is 6.07 Å². The predicted molar refractivity (Wildman–Crippen MR) is 87.9 cm³/mol. The SMILES string of the molecule is Cc1cc(Br)cc(C(=O)Nc2ccc(Br)c(C(=O)O)c2)c1. The van der Waals surface area contributed by atoms with E-state index in [0.29, 0.717) is 15.7 Å². The van der Waals surface area contributed by atoms with Crippen LogP contribution in [0.1, 0.15) is 26.3 Å². The monoisotopic (exact) mass is 411 g/mol. The Morgan fingerprint density at radius 2 is 1.81 bits per heavy atom. The Morgan fingerprint density at radius 3 is 2.43 bits per heavy atom. The maximum absolute atomic E-state index is 12.2. The largest absolute Gasteiger partial charge is 0.478 e. The van der Waals surface area contributed by atoms with E-state index < -0.39 is 5.97 Å². The molecule has 0 radical (unpaired) electrons. The number of nitrogens with one attached hydrogen (secondary N) is 1. The fourth-order valence-corrected chi connectivity index (χ4v) is 2.86. The number of carboxylic acids is 1. The van der Waals surface area contributed by atoms with Crippen LogP contribution in [0.25, 0.3) is 0 Å². The Bertz CT molecular complexity index is 709. The summed E-state index contributed by atoms with van der Waals surface area (Å²) in [5.74, 6) is -1.35. The molecular formula is C15H11Br2NO3. The lowest BCUT2D eigenvalue weighted by Crippen LogP contribution is -2.12. The molecule has 2 aromatic carbocycles. The van der Waals surface area contributed by atoms with E-state index in [1.54, 1.807) is 24.3 Å². The van der Waals surface area contributed by atoms with Crippen molar-refractivity contribution in [3.05, 3.63) is 62.0 Å². The molecule has 2 N–H and O–H groups in total. The van der Waals surface area contributed by atoms with Crippen molar-refractivity contribution >= 4 is 49.4 Å². The molecule has 0 unspecified atom stereocenters. The normalized spacial score (nSPS) is 10.2. The molecule has 0 aliphatic rings. The average molecular weight is 413 g/mol. The Labute approximate surface area is 138 Å². The van der Waals surface area contributed by atoms with E-state index in [-0.39, 0.29) is 11.5 Å². The lowest BCUT2D eigenvalue weighted by atomic mass is 10.1. The number of carbonyl (C=O) groups excluding carboxylic acids is 1. The Morgan fingerprint density at radius 1 is 1.10 bits per heavy atom. The number of rotatable bonds is 3. The van der Waals surface area contributed by atoms with Gasteiger partial charge in [-0.2, -0.15) is 0 Å².